The highest BCUT2D eigenvalue weighted by Gasteiger charge is 2.19. The van der Waals surface area contributed by atoms with Gasteiger partial charge in [-0.05, 0) is 37.3 Å². The smallest absolute Gasteiger partial charge is 0.162 e. The van der Waals surface area contributed by atoms with Crippen molar-refractivity contribution in [2.45, 2.75) is 6.92 Å². The molecule has 3 rings (SSSR count). The number of aromatic nitrogens is 1. The minimum absolute atomic E-state index is 0.00979. The zero-order valence-corrected chi connectivity index (χ0v) is 12.5. The number of hydrogen-bond acceptors (Lipinski definition) is 2. The van der Waals surface area contributed by atoms with Crippen LogP contribution in [0.1, 0.15) is 17.3 Å². The maximum atomic E-state index is 12.1. The van der Waals surface area contributed by atoms with Gasteiger partial charge in [-0.25, -0.2) is 0 Å². The third kappa shape index (κ3) is 2.30. The zero-order valence-electron chi connectivity index (χ0n) is 11.7. The van der Waals surface area contributed by atoms with Crippen molar-refractivity contribution in [3.05, 3.63) is 53.1 Å². The molecule has 0 aliphatic carbocycles. The van der Waals surface area contributed by atoms with Crippen LogP contribution in [0.5, 0.6) is 5.75 Å². The lowest BCUT2D eigenvalue weighted by atomic mass is 10.0. The van der Waals surface area contributed by atoms with Gasteiger partial charge in [0.15, 0.2) is 5.78 Å². The van der Waals surface area contributed by atoms with Crippen LogP contribution in [-0.4, -0.2) is 17.9 Å². The maximum absolute atomic E-state index is 12.1. The predicted molar refractivity (Wildman–Crippen MR) is 85.3 cm³/mol. The van der Waals surface area contributed by atoms with Gasteiger partial charge in [-0.1, -0.05) is 23.7 Å². The molecule has 2 aromatic carbocycles. The fourth-order valence-electron chi connectivity index (χ4n) is 2.58. The number of H-pyrrole nitrogens is 1. The number of fused-ring (bicyclic) bond motifs is 1. The summed E-state index contributed by atoms with van der Waals surface area (Å²) in [6.07, 6.45) is 0. The molecular formula is C17H14ClNO2. The molecule has 1 N–H and O–H groups in total. The number of benzene rings is 2. The average Bonchev–Trinajstić information content (AvgIpc) is 2.85. The Morgan fingerprint density at radius 1 is 1.19 bits per heavy atom. The van der Waals surface area contributed by atoms with E-state index in [1.54, 1.807) is 20.1 Å². The second-order valence-corrected chi connectivity index (χ2v) is 5.26. The number of hydrogen-bond donors (Lipinski definition) is 1. The number of carbonyl (C=O) groups is 1. The number of aromatic amines is 1. The molecule has 106 valence electrons. The van der Waals surface area contributed by atoms with Gasteiger partial charge in [0.05, 0.1) is 18.4 Å². The van der Waals surface area contributed by atoms with Gasteiger partial charge >= 0.3 is 0 Å². The molecule has 0 amide bonds. The van der Waals surface area contributed by atoms with Crippen molar-refractivity contribution < 1.29 is 9.53 Å². The summed E-state index contributed by atoms with van der Waals surface area (Å²) in [6, 6.07) is 13.1. The van der Waals surface area contributed by atoms with E-state index in [1.807, 2.05) is 36.4 Å². The molecule has 0 atom stereocenters. The zero-order chi connectivity index (χ0) is 15.0. The average molecular weight is 300 g/mol. The summed E-state index contributed by atoms with van der Waals surface area (Å²) in [5.74, 6) is 0.710. The van der Waals surface area contributed by atoms with Gasteiger partial charge in [0, 0.05) is 21.5 Å². The Hall–Kier alpha value is -2.26. The summed E-state index contributed by atoms with van der Waals surface area (Å²) in [7, 11) is 1.62. The molecule has 0 aliphatic rings. The standard InChI is InChI=1S/C17H14ClNO2/c1-10(20)16-13-9-11(18)7-8-14(13)19-17(16)12-5-3-4-6-15(12)21-2/h3-9,19H,1-2H3. The number of carbonyl (C=O) groups excluding carboxylic acids is 1. The van der Waals surface area contributed by atoms with Gasteiger partial charge in [-0.15, -0.1) is 0 Å². The Balaban J connectivity index is 2.37. The molecule has 3 nitrogen and oxygen atoms in total. The van der Waals surface area contributed by atoms with Crippen LogP contribution in [0, 0.1) is 0 Å². The molecule has 0 bridgehead atoms. The molecular weight excluding hydrogens is 286 g/mol. The van der Waals surface area contributed by atoms with Gasteiger partial charge in [-0.2, -0.15) is 0 Å². The molecule has 0 saturated heterocycles. The van der Waals surface area contributed by atoms with Gasteiger partial charge < -0.3 is 9.72 Å². The minimum atomic E-state index is -0.00979. The molecule has 3 aromatic rings. The first-order valence-corrected chi connectivity index (χ1v) is 6.95. The highest BCUT2D eigenvalue weighted by Crippen LogP contribution is 2.36. The van der Waals surface area contributed by atoms with Crippen molar-refractivity contribution in [3.63, 3.8) is 0 Å². The van der Waals surface area contributed by atoms with Crippen LogP contribution in [0.25, 0.3) is 22.2 Å². The third-order valence-electron chi connectivity index (χ3n) is 3.49. The van der Waals surface area contributed by atoms with E-state index in [0.29, 0.717) is 10.6 Å². The summed E-state index contributed by atoms with van der Waals surface area (Å²) in [5, 5.41) is 1.44. The van der Waals surface area contributed by atoms with E-state index in [0.717, 1.165) is 27.9 Å². The lowest BCUT2D eigenvalue weighted by Gasteiger charge is -2.08. The fraction of sp³-hybridized carbons (Fsp3) is 0.118. The Bertz CT molecular complexity index is 836. The lowest BCUT2D eigenvalue weighted by molar-refractivity contribution is 0.102. The molecule has 0 saturated carbocycles. The Morgan fingerprint density at radius 2 is 1.95 bits per heavy atom. The summed E-state index contributed by atoms with van der Waals surface area (Å²) < 4.78 is 5.40. The summed E-state index contributed by atoms with van der Waals surface area (Å²) in [6.45, 7) is 1.56. The summed E-state index contributed by atoms with van der Waals surface area (Å²) in [5.41, 5.74) is 3.14. The van der Waals surface area contributed by atoms with E-state index in [9.17, 15) is 4.79 Å². The lowest BCUT2D eigenvalue weighted by Crippen LogP contribution is -1.95. The topological polar surface area (TPSA) is 42.1 Å². The van der Waals surface area contributed by atoms with Gasteiger partial charge in [0.25, 0.3) is 0 Å². The van der Waals surface area contributed by atoms with Crippen molar-refractivity contribution in [3.8, 4) is 17.0 Å². The number of methoxy groups -OCH3 is 1. The van der Waals surface area contributed by atoms with Crippen molar-refractivity contribution in [2.24, 2.45) is 0 Å². The SMILES string of the molecule is COc1ccccc1-c1[nH]c2ccc(Cl)cc2c1C(C)=O. The maximum Gasteiger partial charge on any atom is 0.162 e. The van der Waals surface area contributed by atoms with Crippen LogP contribution in [-0.2, 0) is 0 Å². The number of nitrogens with one attached hydrogen (secondary N) is 1. The number of ether oxygens (including phenoxy) is 1. The quantitative estimate of drug-likeness (QED) is 0.712. The van der Waals surface area contributed by atoms with Crippen LogP contribution in [0.4, 0.5) is 0 Å². The van der Waals surface area contributed by atoms with Crippen LogP contribution >= 0.6 is 11.6 Å². The molecule has 1 heterocycles. The van der Waals surface area contributed by atoms with E-state index in [1.165, 1.54) is 0 Å². The third-order valence-corrected chi connectivity index (χ3v) is 3.72. The first-order valence-electron chi connectivity index (χ1n) is 6.57. The number of rotatable bonds is 3. The number of para-hydroxylation sites is 1. The largest absolute Gasteiger partial charge is 0.496 e. The van der Waals surface area contributed by atoms with Crippen molar-refractivity contribution in [1.29, 1.82) is 0 Å². The molecule has 0 unspecified atom stereocenters. The van der Waals surface area contributed by atoms with Crippen molar-refractivity contribution in [2.75, 3.05) is 7.11 Å². The second-order valence-electron chi connectivity index (χ2n) is 4.82. The molecule has 0 aliphatic heterocycles. The number of halogens is 1. The number of ketones is 1. The molecule has 1 aromatic heterocycles. The van der Waals surface area contributed by atoms with Gasteiger partial charge in [0.2, 0.25) is 0 Å². The Labute approximate surface area is 127 Å². The van der Waals surface area contributed by atoms with Crippen molar-refractivity contribution >= 4 is 28.3 Å². The highest BCUT2D eigenvalue weighted by atomic mass is 35.5. The van der Waals surface area contributed by atoms with Crippen LogP contribution < -0.4 is 4.74 Å². The molecule has 21 heavy (non-hydrogen) atoms. The van der Waals surface area contributed by atoms with E-state index in [4.69, 9.17) is 16.3 Å². The number of Topliss-reactive ketones (excluding diaryl/α,β-unsaturated/α-hetero) is 1. The van der Waals surface area contributed by atoms with E-state index >= 15 is 0 Å². The molecule has 0 spiro atoms. The second kappa shape index (κ2) is 5.26. The first kappa shape index (κ1) is 13.7. The fourth-order valence-corrected chi connectivity index (χ4v) is 2.76. The highest BCUT2D eigenvalue weighted by molar-refractivity contribution is 6.31. The van der Waals surface area contributed by atoms with E-state index in [2.05, 4.69) is 4.98 Å². The Morgan fingerprint density at radius 3 is 2.67 bits per heavy atom. The van der Waals surface area contributed by atoms with E-state index in [-0.39, 0.29) is 5.78 Å². The molecule has 0 fully saturated rings. The van der Waals surface area contributed by atoms with Crippen molar-refractivity contribution in [1.82, 2.24) is 4.98 Å². The normalized spacial score (nSPS) is 10.8. The molecule has 4 heteroatoms. The van der Waals surface area contributed by atoms with Crippen LogP contribution in [0.3, 0.4) is 0 Å². The molecule has 0 radical (unpaired) electrons. The van der Waals surface area contributed by atoms with Gasteiger partial charge in [-0.3, -0.25) is 4.79 Å². The monoisotopic (exact) mass is 299 g/mol. The predicted octanol–water partition coefficient (Wildman–Crippen LogP) is 4.70. The van der Waals surface area contributed by atoms with E-state index < -0.39 is 0 Å². The van der Waals surface area contributed by atoms with Gasteiger partial charge in [0.1, 0.15) is 5.75 Å². The van der Waals surface area contributed by atoms with Crippen LogP contribution in [0.15, 0.2) is 42.5 Å². The minimum Gasteiger partial charge on any atom is -0.496 e. The van der Waals surface area contributed by atoms with Crippen LogP contribution in [0.2, 0.25) is 5.02 Å². The summed E-state index contributed by atoms with van der Waals surface area (Å²) in [4.78, 5) is 15.4. The first-order chi connectivity index (χ1) is 10.1. The summed E-state index contributed by atoms with van der Waals surface area (Å²) >= 11 is 6.06. The Kier molecular flexibility index (Phi) is 3.43.